The highest BCUT2D eigenvalue weighted by Crippen LogP contribution is 2.28. The number of hydrogen-bond donors (Lipinski definition) is 1. The average molecular weight is 571 g/mol. The van der Waals surface area contributed by atoms with Gasteiger partial charge in [0.05, 0.1) is 12.0 Å². The first-order valence-corrected chi connectivity index (χ1v) is 12.1. The van der Waals surface area contributed by atoms with Crippen LogP contribution in [-0.4, -0.2) is 32.6 Å². The second-order valence-corrected chi connectivity index (χ2v) is 9.39. The molecule has 160 valence electrons. The normalized spacial score (nSPS) is 11.1. The zero-order valence-electron chi connectivity index (χ0n) is 16.7. The Kier molecular flexibility index (Phi) is 7.51. The number of carbonyl (C=O) groups excluding carboxylic acids is 1. The number of hydrogen-bond acceptors (Lipinski definition) is 5. The third-order valence-corrected chi connectivity index (χ3v) is 6.28. The summed E-state index contributed by atoms with van der Waals surface area (Å²) < 4.78 is 3.88. The lowest BCUT2D eigenvalue weighted by Gasteiger charge is -2.10. The molecule has 0 saturated heterocycles. The van der Waals surface area contributed by atoms with Crippen LogP contribution in [0.5, 0.6) is 0 Å². The van der Waals surface area contributed by atoms with Gasteiger partial charge in [0.1, 0.15) is 0 Å². The van der Waals surface area contributed by atoms with E-state index in [1.165, 1.54) is 11.8 Å². The maximum Gasteiger partial charge on any atom is 0.250 e. The molecule has 4 rings (SSSR count). The van der Waals surface area contributed by atoms with E-state index in [-0.39, 0.29) is 11.7 Å². The molecule has 1 heterocycles. The van der Waals surface area contributed by atoms with E-state index in [1.807, 2.05) is 83.4 Å². The number of halogens is 2. The molecule has 1 aromatic heterocycles. The molecule has 9 heteroatoms. The highest BCUT2D eigenvalue weighted by Gasteiger charge is 2.17. The van der Waals surface area contributed by atoms with Gasteiger partial charge in [-0.1, -0.05) is 86.1 Å². The summed E-state index contributed by atoms with van der Waals surface area (Å²) in [6, 6.07) is 25.4. The van der Waals surface area contributed by atoms with Gasteiger partial charge in [0.25, 0.3) is 5.91 Å². The van der Waals surface area contributed by atoms with Crippen molar-refractivity contribution in [3.05, 3.63) is 93.4 Å². The lowest BCUT2D eigenvalue weighted by molar-refractivity contribution is -0.118. The highest BCUT2D eigenvalue weighted by atomic mass is 79.9. The van der Waals surface area contributed by atoms with Crippen LogP contribution < -0.4 is 5.43 Å². The molecule has 3 aromatic carbocycles. The van der Waals surface area contributed by atoms with E-state index in [2.05, 4.69) is 52.6 Å². The molecule has 0 unspecified atom stereocenters. The Morgan fingerprint density at radius 3 is 2.50 bits per heavy atom. The van der Waals surface area contributed by atoms with E-state index in [4.69, 9.17) is 0 Å². The fourth-order valence-corrected chi connectivity index (χ4v) is 4.31. The minimum absolute atomic E-state index is 0.152. The van der Waals surface area contributed by atoms with Crippen molar-refractivity contribution in [1.82, 2.24) is 20.2 Å². The molecule has 0 fully saturated rings. The van der Waals surface area contributed by atoms with Gasteiger partial charge in [-0.2, -0.15) is 5.10 Å². The Hall–Kier alpha value is -2.75. The van der Waals surface area contributed by atoms with Crippen molar-refractivity contribution >= 4 is 55.7 Å². The summed E-state index contributed by atoms with van der Waals surface area (Å²) in [5.41, 5.74) is 5.29. The van der Waals surface area contributed by atoms with Gasteiger partial charge in [-0.3, -0.25) is 9.36 Å². The maximum atomic E-state index is 12.3. The molecule has 32 heavy (non-hydrogen) atoms. The molecule has 0 radical (unpaired) electrons. The summed E-state index contributed by atoms with van der Waals surface area (Å²) in [7, 11) is 0. The van der Waals surface area contributed by atoms with Gasteiger partial charge < -0.3 is 0 Å². The first-order chi connectivity index (χ1) is 15.6. The first-order valence-electron chi connectivity index (χ1n) is 9.57. The van der Waals surface area contributed by atoms with Crippen molar-refractivity contribution in [2.24, 2.45) is 5.10 Å². The van der Waals surface area contributed by atoms with E-state index < -0.39 is 0 Å². The van der Waals surface area contributed by atoms with Crippen molar-refractivity contribution in [3.63, 3.8) is 0 Å². The third-order valence-electron chi connectivity index (χ3n) is 4.33. The summed E-state index contributed by atoms with van der Waals surface area (Å²) in [5, 5.41) is 13.4. The van der Waals surface area contributed by atoms with E-state index in [0.717, 1.165) is 25.8 Å². The monoisotopic (exact) mass is 569 g/mol. The lowest BCUT2D eigenvalue weighted by Crippen LogP contribution is -2.20. The SMILES string of the molecule is O=C(CSc1nnc(-c2ccccc2)n1-c1ccc(Br)cc1)N/N=C/c1cccc(Br)c1. The van der Waals surface area contributed by atoms with Crippen LogP contribution in [0, 0.1) is 0 Å². The Bertz CT molecular complexity index is 1240. The third kappa shape index (κ3) is 5.73. The second kappa shape index (κ2) is 10.7. The van der Waals surface area contributed by atoms with Crippen molar-refractivity contribution in [2.45, 2.75) is 5.16 Å². The smallest absolute Gasteiger partial charge is 0.250 e. The van der Waals surface area contributed by atoms with Crippen LogP contribution in [0.15, 0.2) is 98.1 Å². The van der Waals surface area contributed by atoms with E-state index in [9.17, 15) is 4.79 Å². The number of aromatic nitrogens is 3. The van der Waals surface area contributed by atoms with Crippen LogP contribution in [0.1, 0.15) is 5.56 Å². The zero-order chi connectivity index (χ0) is 22.3. The quantitative estimate of drug-likeness (QED) is 0.176. The minimum atomic E-state index is -0.229. The number of rotatable bonds is 7. The maximum absolute atomic E-state index is 12.3. The average Bonchev–Trinajstić information content (AvgIpc) is 3.23. The molecule has 0 spiro atoms. The summed E-state index contributed by atoms with van der Waals surface area (Å²) in [6.07, 6.45) is 1.60. The van der Waals surface area contributed by atoms with Crippen molar-refractivity contribution in [1.29, 1.82) is 0 Å². The number of carbonyl (C=O) groups is 1. The van der Waals surface area contributed by atoms with Gasteiger partial charge in [-0.25, -0.2) is 5.43 Å². The molecular formula is C23H17Br2N5OS. The molecular weight excluding hydrogens is 554 g/mol. The van der Waals surface area contributed by atoms with Gasteiger partial charge in [0.2, 0.25) is 0 Å². The van der Waals surface area contributed by atoms with Gasteiger partial charge in [-0.05, 0) is 42.0 Å². The number of benzene rings is 3. The summed E-state index contributed by atoms with van der Waals surface area (Å²) in [6.45, 7) is 0. The number of nitrogens with one attached hydrogen (secondary N) is 1. The van der Waals surface area contributed by atoms with Gasteiger partial charge in [-0.15, -0.1) is 10.2 Å². The Morgan fingerprint density at radius 2 is 1.75 bits per heavy atom. The standard InChI is InChI=1S/C23H17Br2N5OS/c24-18-9-11-20(12-10-18)30-22(17-6-2-1-3-7-17)28-29-23(30)32-15-21(31)27-26-14-16-5-4-8-19(25)13-16/h1-14H,15H2,(H,27,31)/b26-14+. The predicted molar refractivity (Wildman–Crippen MR) is 135 cm³/mol. The van der Waals surface area contributed by atoms with E-state index >= 15 is 0 Å². The van der Waals surface area contributed by atoms with Crippen molar-refractivity contribution in [3.8, 4) is 17.1 Å². The van der Waals surface area contributed by atoms with Gasteiger partial charge in [0.15, 0.2) is 11.0 Å². The fourth-order valence-electron chi connectivity index (χ4n) is 2.89. The number of thioether (sulfide) groups is 1. The molecule has 0 aliphatic carbocycles. The largest absolute Gasteiger partial charge is 0.272 e. The molecule has 0 aliphatic rings. The molecule has 1 amide bonds. The van der Waals surface area contributed by atoms with Crippen LogP contribution >= 0.6 is 43.6 Å². The molecule has 0 saturated carbocycles. The van der Waals surface area contributed by atoms with Crippen LogP contribution in [0.3, 0.4) is 0 Å². The van der Waals surface area contributed by atoms with Crippen LogP contribution in [0.2, 0.25) is 0 Å². The van der Waals surface area contributed by atoms with Crippen LogP contribution in [0.4, 0.5) is 0 Å². The Balaban J connectivity index is 1.50. The van der Waals surface area contributed by atoms with Crippen LogP contribution in [0.25, 0.3) is 17.1 Å². The molecule has 4 aromatic rings. The van der Waals surface area contributed by atoms with Crippen molar-refractivity contribution in [2.75, 3.05) is 5.75 Å². The van der Waals surface area contributed by atoms with Crippen LogP contribution in [-0.2, 0) is 4.79 Å². The molecule has 0 atom stereocenters. The van der Waals surface area contributed by atoms with E-state index in [1.54, 1.807) is 6.21 Å². The number of nitrogens with zero attached hydrogens (tertiary/aromatic N) is 4. The van der Waals surface area contributed by atoms with Gasteiger partial charge >= 0.3 is 0 Å². The summed E-state index contributed by atoms with van der Waals surface area (Å²) >= 11 is 8.19. The first kappa shape index (κ1) is 22.4. The lowest BCUT2D eigenvalue weighted by atomic mass is 10.2. The second-order valence-electron chi connectivity index (χ2n) is 6.62. The minimum Gasteiger partial charge on any atom is -0.272 e. The molecule has 0 aliphatic heterocycles. The predicted octanol–water partition coefficient (Wildman–Crippen LogP) is 5.70. The molecule has 6 nitrogen and oxygen atoms in total. The topological polar surface area (TPSA) is 72.2 Å². The zero-order valence-corrected chi connectivity index (χ0v) is 20.6. The molecule has 0 bridgehead atoms. The number of hydrazone groups is 1. The number of amides is 1. The highest BCUT2D eigenvalue weighted by molar-refractivity contribution is 9.10. The van der Waals surface area contributed by atoms with E-state index in [0.29, 0.717) is 11.0 Å². The summed E-state index contributed by atoms with van der Waals surface area (Å²) in [5.74, 6) is 0.635. The Labute approximate surface area is 206 Å². The van der Waals surface area contributed by atoms with Crippen molar-refractivity contribution < 1.29 is 4.79 Å². The summed E-state index contributed by atoms with van der Waals surface area (Å²) in [4.78, 5) is 12.3. The van der Waals surface area contributed by atoms with Gasteiger partial charge in [0, 0.05) is 20.2 Å². The fraction of sp³-hybridized carbons (Fsp3) is 0.0435. The Morgan fingerprint density at radius 1 is 0.969 bits per heavy atom. The molecule has 1 N–H and O–H groups in total.